The number of nitrogens with zero attached hydrogens (tertiary/aromatic N) is 1. The van der Waals surface area contributed by atoms with Crippen molar-refractivity contribution >= 4 is 22.9 Å². The number of methoxy groups -OCH3 is 1. The molecule has 0 aliphatic heterocycles. The first-order valence-corrected chi connectivity index (χ1v) is 6.28. The van der Waals surface area contributed by atoms with Gasteiger partial charge in [-0.25, -0.2) is 4.98 Å². The maximum atomic E-state index is 5.73. The number of aromatic nitrogens is 1. The van der Waals surface area contributed by atoms with Crippen molar-refractivity contribution in [2.75, 3.05) is 7.11 Å². The molecule has 1 heterocycles. The Kier molecular flexibility index (Phi) is 4.36. The quantitative estimate of drug-likeness (QED) is 0.832. The minimum Gasteiger partial charge on any atom is -0.497 e. The number of halogens is 1. The molecule has 3 nitrogen and oxygen atoms in total. The van der Waals surface area contributed by atoms with Crippen LogP contribution in [0.25, 0.3) is 0 Å². The highest BCUT2D eigenvalue weighted by Crippen LogP contribution is 2.19. The van der Waals surface area contributed by atoms with E-state index in [2.05, 4.69) is 4.98 Å². The van der Waals surface area contributed by atoms with E-state index in [0.29, 0.717) is 17.7 Å². The lowest BCUT2D eigenvalue weighted by Crippen LogP contribution is -1.93. The van der Waals surface area contributed by atoms with Crippen LogP contribution < -0.4 is 4.74 Å². The van der Waals surface area contributed by atoms with E-state index >= 15 is 0 Å². The molecule has 2 rings (SSSR count). The summed E-state index contributed by atoms with van der Waals surface area (Å²) in [5, 5.41) is 0. The van der Waals surface area contributed by atoms with E-state index in [4.69, 9.17) is 21.1 Å². The van der Waals surface area contributed by atoms with Crippen molar-refractivity contribution in [2.24, 2.45) is 0 Å². The predicted molar refractivity (Wildman–Crippen MR) is 68.6 cm³/mol. The second-order valence-electron chi connectivity index (χ2n) is 3.42. The van der Waals surface area contributed by atoms with Crippen LogP contribution in [0, 0.1) is 0 Å². The Morgan fingerprint density at radius 1 is 1.35 bits per heavy atom. The third kappa shape index (κ3) is 3.70. The van der Waals surface area contributed by atoms with Gasteiger partial charge in [-0.2, -0.15) is 0 Å². The van der Waals surface area contributed by atoms with Crippen LogP contribution in [-0.2, 0) is 18.0 Å². The summed E-state index contributed by atoms with van der Waals surface area (Å²) in [6.07, 6.45) is 1.73. The maximum Gasteiger partial charge on any atom is 0.183 e. The lowest BCUT2D eigenvalue weighted by Gasteiger charge is -2.04. The first kappa shape index (κ1) is 12.4. The molecule has 0 fully saturated rings. The Bertz CT molecular complexity index is 487. The fourth-order valence-electron chi connectivity index (χ4n) is 1.38. The Morgan fingerprint density at radius 2 is 2.24 bits per heavy atom. The third-order valence-electron chi connectivity index (χ3n) is 2.17. The number of ether oxygens (including phenoxy) is 2. The molecule has 0 aliphatic rings. The van der Waals surface area contributed by atoms with Crippen molar-refractivity contribution in [3.8, 4) is 5.75 Å². The molecule has 0 unspecified atom stereocenters. The molecular formula is C12H12ClNO2S. The Hall–Kier alpha value is -1.10. The van der Waals surface area contributed by atoms with Gasteiger partial charge in [-0.3, -0.25) is 0 Å². The normalized spacial score (nSPS) is 10.5. The van der Waals surface area contributed by atoms with Crippen LogP contribution in [0.15, 0.2) is 30.5 Å². The van der Waals surface area contributed by atoms with Gasteiger partial charge >= 0.3 is 0 Å². The summed E-state index contributed by atoms with van der Waals surface area (Å²) < 4.78 is 11.3. The Balaban J connectivity index is 1.85. The summed E-state index contributed by atoms with van der Waals surface area (Å²) in [6, 6.07) is 7.81. The highest BCUT2D eigenvalue weighted by Gasteiger charge is 2.00. The minimum absolute atomic E-state index is 0.529. The molecule has 17 heavy (non-hydrogen) atoms. The number of rotatable bonds is 5. The molecule has 0 saturated carbocycles. The van der Waals surface area contributed by atoms with E-state index in [1.165, 1.54) is 11.3 Å². The topological polar surface area (TPSA) is 31.4 Å². The summed E-state index contributed by atoms with van der Waals surface area (Å²) in [4.78, 5) is 4.98. The van der Waals surface area contributed by atoms with Crippen molar-refractivity contribution in [1.29, 1.82) is 0 Å². The Labute approximate surface area is 109 Å². The van der Waals surface area contributed by atoms with E-state index < -0.39 is 0 Å². The second kappa shape index (κ2) is 6.00. The molecule has 5 heteroatoms. The molecule has 0 amide bonds. The summed E-state index contributed by atoms with van der Waals surface area (Å²) in [6.45, 7) is 1.08. The maximum absolute atomic E-state index is 5.73. The van der Waals surface area contributed by atoms with Crippen molar-refractivity contribution < 1.29 is 9.47 Å². The van der Waals surface area contributed by atoms with E-state index in [-0.39, 0.29) is 0 Å². The van der Waals surface area contributed by atoms with Crippen LogP contribution in [0.2, 0.25) is 4.47 Å². The second-order valence-corrected chi connectivity index (χ2v) is 5.12. The summed E-state index contributed by atoms with van der Waals surface area (Å²) >= 11 is 7.17. The van der Waals surface area contributed by atoms with Gasteiger partial charge < -0.3 is 9.47 Å². The lowest BCUT2D eigenvalue weighted by molar-refractivity contribution is 0.109. The molecule has 1 aromatic heterocycles. The van der Waals surface area contributed by atoms with Crippen molar-refractivity contribution in [3.05, 3.63) is 45.4 Å². The van der Waals surface area contributed by atoms with Gasteiger partial charge in [0.2, 0.25) is 0 Å². The van der Waals surface area contributed by atoms with E-state index in [0.717, 1.165) is 16.2 Å². The highest BCUT2D eigenvalue weighted by atomic mass is 35.5. The van der Waals surface area contributed by atoms with Gasteiger partial charge in [0.1, 0.15) is 5.75 Å². The molecular weight excluding hydrogens is 258 g/mol. The average molecular weight is 270 g/mol. The van der Waals surface area contributed by atoms with E-state index in [1.54, 1.807) is 13.3 Å². The summed E-state index contributed by atoms with van der Waals surface area (Å²) in [5.41, 5.74) is 1.08. The van der Waals surface area contributed by atoms with Crippen LogP contribution in [0.5, 0.6) is 5.75 Å². The smallest absolute Gasteiger partial charge is 0.183 e. The van der Waals surface area contributed by atoms with E-state index in [1.807, 2.05) is 24.3 Å². The summed E-state index contributed by atoms with van der Waals surface area (Å²) in [5.74, 6) is 0.840. The molecule has 0 spiro atoms. The van der Waals surface area contributed by atoms with Crippen molar-refractivity contribution in [1.82, 2.24) is 4.98 Å². The van der Waals surface area contributed by atoms with Gasteiger partial charge in [-0.1, -0.05) is 23.7 Å². The van der Waals surface area contributed by atoms with E-state index in [9.17, 15) is 0 Å². The minimum atomic E-state index is 0.529. The lowest BCUT2D eigenvalue weighted by atomic mass is 10.2. The molecule has 90 valence electrons. The third-order valence-corrected chi connectivity index (χ3v) is 3.26. The SMILES string of the molecule is COc1cccc(COCc2cnc(Cl)s2)c1. The molecule has 0 radical (unpaired) electrons. The van der Waals surface area contributed by atoms with Crippen LogP contribution in [-0.4, -0.2) is 12.1 Å². The first-order chi connectivity index (χ1) is 8.28. The van der Waals surface area contributed by atoms with Gasteiger partial charge in [0.15, 0.2) is 4.47 Å². The van der Waals surface area contributed by atoms with Gasteiger partial charge in [-0.05, 0) is 17.7 Å². The standard InChI is InChI=1S/C12H12ClNO2S/c1-15-10-4-2-3-9(5-10)7-16-8-11-6-14-12(13)17-11/h2-6H,7-8H2,1H3. The largest absolute Gasteiger partial charge is 0.497 e. The fourth-order valence-corrected chi connectivity index (χ4v) is 2.30. The van der Waals surface area contributed by atoms with Crippen molar-refractivity contribution in [3.63, 3.8) is 0 Å². The number of thiazole rings is 1. The average Bonchev–Trinajstić information content (AvgIpc) is 2.75. The zero-order chi connectivity index (χ0) is 12.1. The molecule has 0 N–H and O–H groups in total. The van der Waals surface area contributed by atoms with Gasteiger partial charge in [0.05, 0.1) is 25.2 Å². The fraction of sp³-hybridized carbons (Fsp3) is 0.250. The highest BCUT2D eigenvalue weighted by molar-refractivity contribution is 7.15. The summed E-state index contributed by atoms with van der Waals surface area (Å²) in [7, 11) is 1.65. The van der Waals surface area contributed by atoms with Crippen LogP contribution in [0.4, 0.5) is 0 Å². The molecule has 0 atom stereocenters. The predicted octanol–water partition coefficient (Wildman–Crippen LogP) is 3.52. The zero-order valence-corrected chi connectivity index (χ0v) is 10.9. The van der Waals surface area contributed by atoms with Crippen LogP contribution >= 0.6 is 22.9 Å². The monoisotopic (exact) mass is 269 g/mol. The molecule has 2 aromatic rings. The zero-order valence-electron chi connectivity index (χ0n) is 9.35. The van der Waals surface area contributed by atoms with Gasteiger partial charge in [0.25, 0.3) is 0 Å². The van der Waals surface area contributed by atoms with Gasteiger partial charge in [0, 0.05) is 6.20 Å². The van der Waals surface area contributed by atoms with Crippen LogP contribution in [0.3, 0.4) is 0 Å². The molecule has 0 saturated heterocycles. The number of hydrogen-bond acceptors (Lipinski definition) is 4. The number of benzene rings is 1. The molecule has 1 aromatic carbocycles. The Morgan fingerprint density at radius 3 is 2.94 bits per heavy atom. The molecule has 0 aliphatic carbocycles. The number of hydrogen-bond donors (Lipinski definition) is 0. The van der Waals surface area contributed by atoms with Gasteiger partial charge in [-0.15, -0.1) is 11.3 Å². The molecule has 0 bridgehead atoms. The first-order valence-electron chi connectivity index (χ1n) is 5.09. The van der Waals surface area contributed by atoms with Crippen LogP contribution in [0.1, 0.15) is 10.4 Å². The van der Waals surface area contributed by atoms with Crippen molar-refractivity contribution in [2.45, 2.75) is 13.2 Å².